The summed E-state index contributed by atoms with van der Waals surface area (Å²) in [5, 5.41) is 11.4. The first-order valence-electron chi connectivity index (χ1n) is 10.6. The van der Waals surface area contributed by atoms with Crippen molar-refractivity contribution in [1.29, 1.82) is 0 Å². The molecule has 1 aromatic carbocycles. The van der Waals surface area contributed by atoms with E-state index in [9.17, 15) is 14.7 Å². The Hall–Kier alpha value is -1.64. The molecule has 2 heterocycles. The van der Waals surface area contributed by atoms with E-state index in [2.05, 4.69) is 16.8 Å². The van der Waals surface area contributed by atoms with Gasteiger partial charge in [-0.1, -0.05) is 29.3 Å². The molecule has 0 aliphatic carbocycles. The average Bonchev–Trinajstić information content (AvgIpc) is 2.92. The van der Waals surface area contributed by atoms with Gasteiger partial charge in [0.15, 0.2) is 0 Å². The summed E-state index contributed by atoms with van der Waals surface area (Å²) in [5.41, 5.74) is 0.780. The number of rotatable bonds is 6. The van der Waals surface area contributed by atoms with Gasteiger partial charge >= 0.3 is 0 Å². The largest absolute Gasteiger partial charge is 0.390 e. The monoisotopic (exact) mass is 468 g/mol. The van der Waals surface area contributed by atoms with Crippen molar-refractivity contribution in [2.24, 2.45) is 0 Å². The second-order valence-electron chi connectivity index (χ2n) is 8.18. The first kappa shape index (κ1) is 24.0. The number of piperazine rings is 1. The molecular formula is C22H30Cl2N4O3. The smallest absolute Gasteiger partial charge is 0.246 e. The molecule has 1 N–H and O–H groups in total. The number of nitrogens with zero attached hydrogens (tertiary/aromatic N) is 4. The van der Waals surface area contributed by atoms with Crippen molar-refractivity contribution < 1.29 is 14.7 Å². The standard InChI is InChI=1S/C22H30Cl2N4O3/c1-25-8-10-26(11-9-25)15-18(29)16-28-13-12-27(7-6-22(28)31)21(30)5-3-17-2-4-19(23)20(24)14-17/h2-5,14,18,29H,6-13,15-16H2,1H3. The number of hydrogen-bond acceptors (Lipinski definition) is 5. The molecule has 2 amide bonds. The molecule has 31 heavy (non-hydrogen) atoms. The maximum absolute atomic E-state index is 12.6. The van der Waals surface area contributed by atoms with Gasteiger partial charge in [-0.15, -0.1) is 0 Å². The molecule has 2 aliphatic rings. The van der Waals surface area contributed by atoms with Gasteiger partial charge in [0.05, 0.1) is 16.1 Å². The summed E-state index contributed by atoms with van der Waals surface area (Å²) in [5.74, 6) is -0.181. The quantitative estimate of drug-likeness (QED) is 0.643. The molecule has 1 aromatic rings. The van der Waals surface area contributed by atoms with E-state index >= 15 is 0 Å². The first-order chi connectivity index (χ1) is 14.8. The third kappa shape index (κ3) is 7.19. The van der Waals surface area contributed by atoms with Gasteiger partial charge in [-0.05, 0) is 30.8 Å². The number of carbonyl (C=O) groups excluding carboxylic acids is 2. The van der Waals surface area contributed by atoms with Crippen LogP contribution in [0.1, 0.15) is 12.0 Å². The Balaban J connectivity index is 1.49. The van der Waals surface area contributed by atoms with Crippen molar-refractivity contribution in [3.05, 3.63) is 39.9 Å². The van der Waals surface area contributed by atoms with Crippen LogP contribution in [0.3, 0.4) is 0 Å². The summed E-state index contributed by atoms with van der Waals surface area (Å²) in [4.78, 5) is 32.9. The highest BCUT2D eigenvalue weighted by Gasteiger charge is 2.25. The van der Waals surface area contributed by atoms with E-state index in [4.69, 9.17) is 23.2 Å². The van der Waals surface area contributed by atoms with Crippen LogP contribution in [0.25, 0.3) is 6.08 Å². The molecule has 1 atom stereocenters. The molecule has 0 saturated carbocycles. The number of β-amino-alcohol motifs (C(OH)–C–C–N with tert-alkyl or cyclic N) is 1. The Morgan fingerprint density at radius 1 is 1.06 bits per heavy atom. The highest BCUT2D eigenvalue weighted by Crippen LogP contribution is 2.23. The maximum atomic E-state index is 12.6. The zero-order chi connectivity index (χ0) is 22.4. The van der Waals surface area contributed by atoms with Crippen LogP contribution in [0.4, 0.5) is 0 Å². The summed E-state index contributed by atoms with van der Waals surface area (Å²) in [6.45, 7) is 5.92. The minimum absolute atomic E-state index is 0.0267. The van der Waals surface area contributed by atoms with Gasteiger partial charge in [0.25, 0.3) is 0 Å². The van der Waals surface area contributed by atoms with E-state index in [1.54, 1.807) is 34.1 Å². The number of aliphatic hydroxyl groups excluding tert-OH is 1. The summed E-state index contributed by atoms with van der Waals surface area (Å²) in [6, 6.07) is 5.17. The molecule has 7 nitrogen and oxygen atoms in total. The first-order valence-corrected chi connectivity index (χ1v) is 11.4. The number of likely N-dealkylation sites (N-methyl/N-ethyl adjacent to an activating group) is 1. The average molecular weight is 469 g/mol. The lowest BCUT2D eigenvalue weighted by atomic mass is 10.2. The predicted octanol–water partition coefficient (Wildman–Crippen LogP) is 1.68. The molecule has 0 bridgehead atoms. The lowest BCUT2D eigenvalue weighted by Gasteiger charge is -2.34. The molecule has 2 fully saturated rings. The van der Waals surface area contributed by atoms with E-state index < -0.39 is 6.10 Å². The molecule has 3 rings (SSSR count). The fraction of sp³-hybridized carbons (Fsp3) is 0.545. The van der Waals surface area contributed by atoms with Crippen LogP contribution in [0.15, 0.2) is 24.3 Å². The lowest BCUT2D eigenvalue weighted by molar-refractivity contribution is -0.131. The van der Waals surface area contributed by atoms with Crippen LogP contribution >= 0.6 is 23.2 Å². The van der Waals surface area contributed by atoms with E-state index in [1.807, 2.05) is 0 Å². The Morgan fingerprint density at radius 2 is 1.81 bits per heavy atom. The highest BCUT2D eigenvalue weighted by atomic mass is 35.5. The van der Waals surface area contributed by atoms with Gasteiger partial charge in [0.1, 0.15) is 0 Å². The molecular weight excluding hydrogens is 439 g/mol. The fourth-order valence-electron chi connectivity index (χ4n) is 3.81. The van der Waals surface area contributed by atoms with E-state index in [-0.39, 0.29) is 18.2 Å². The number of hydrogen-bond donors (Lipinski definition) is 1. The molecule has 0 spiro atoms. The predicted molar refractivity (Wildman–Crippen MR) is 123 cm³/mol. The van der Waals surface area contributed by atoms with Gasteiger partial charge in [0, 0.05) is 71.4 Å². The summed E-state index contributed by atoms with van der Waals surface area (Å²) in [6.07, 6.45) is 2.84. The molecule has 1 unspecified atom stereocenters. The highest BCUT2D eigenvalue weighted by molar-refractivity contribution is 6.42. The number of amides is 2. The third-order valence-electron chi connectivity index (χ3n) is 5.76. The zero-order valence-corrected chi connectivity index (χ0v) is 19.4. The number of benzene rings is 1. The van der Waals surface area contributed by atoms with Crippen LogP contribution in [0.5, 0.6) is 0 Å². The Kier molecular flexibility index (Phi) is 8.75. The maximum Gasteiger partial charge on any atom is 0.246 e. The fourth-order valence-corrected chi connectivity index (χ4v) is 4.12. The van der Waals surface area contributed by atoms with Crippen LogP contribution in [-0.4, -0.2) is 109 Å². The minimum Gasteiger partial charge on any atom is -0.390 e. The Morgan fingerprint density at radius 3 is 2.52 bits per heavy atom. The van der Waals surface area contributed by atoms with Crippen LogP contribution < -0.4 is 0 Å². The second kappa shape index (κ2) is 11.3. The molecule has 9 heteroatoms. The van der Waals surface area contributed by atoms with Gasteiger partial charge in [-0.2, -0.15) is 0 Å². The van der Waals surface area contributed by atoms with Gasteiger partial charge < -0.3 is 19.8 Å². The SMILES string of the molecule is CN1CCN(CC(O)CN2CCN(C(=O)C=Cc3ccc(Cl)c(Cl)c3)CCC2=O)CC1. The lowest BCUT2D eigenvalue weighted by Crippen LogP contribution is -2.49. The van der Waals surface area contributed by atoms with Crippen LogP contribution in [0, 0.1) is 0 Å². The van der Waals surface area contributed by atoms with E-state index in [0.29, 0.717) is 42.8 Å². The Bertz CT molecular complexity index is 812. The van der Waals surface area contributed by atoms with Crippen molar-refractivity contribution in [2.75, 3.05) is 66.0 Å². The number of carbonyl (C=O) groups is 2. The molecule has 2 aliphatic heterocycles. The van der Waals surface area contributed by atoms with E-state index in [0.717, 1.165) is 31.7 Å². The van der Waals surface area contributed by atoms with E-state index in [1.165, 1.54) is 6.08 Å². The van der Waals surface area contributed by atoms with Crippen molar-refractivity contribution in [2.45, 2.75) is 12.5 Å². The Labute approximate surface area is 193 Å². The van der Waals surface area contributed by atoms with Crippen LogP contribution in [0.2, 0.25) is 10.0 Å². The summed E-state index contributed by atoms with van der Waals surface area (Å²) in [7, 11) is 2.09. The molecule has 0 aromatic heterocycles. The summed E-state index contributed by atoms with van der Waals surface area (Å²) >= 11 is 11.9. The molecule has 0 radical (unpaired) electrons. The van der Waals surface area contributed by atoms with Gasteiger partial charge in [-0.25, -0.2) is 0 Å². The normalized spacial score (nSPS) is 20.3. The van der Waals surface area contributed by atoms with Gasteiger partial charge in [0.2, 0.25) is 11.8 Å². The number of halogens is 2. The van der Waals surface area contributed by atoms with Crippen LogP contribution in [-0.2, 0) is 9.59 Å². The van der Waals surface area contributed by atoms with Crippen molar-refractivity contribution >= 4 is 41.1 Å². The van der Waals surface area contributed by atoms with Crippen molar-refractivity contribution in [1.82, 2.24) is 19.6 Å². The summed E-state index contributed by atoms with van der Waals surface area (Å²) < 4.78 is 0. The van der Waals surface area contributed by atoms with Gasteiger partial charge in [-0.3, -0.25) is 14.5 Å². The third-order valence-corrected chi connectivity index (χ3v) is 6.50. The molecule has 2 saturated heterocycles. The second-order valence-corrected chi connectivity index (χ2v) is 8.99. The minimum atomic E-state index is -0.593. The molecule has 170 valence electrons. The topological polar surface area (TPSA) is 67.3 Å². The zero-order valence-electron chi connectivity index (χ0n) is 17.8. The van der Waals surface area contributed by atoms with Crippen molar-refractivity contribution in [3.8, 4) is 0 Å². The van der Waals surface area contributed by atoms with Crippen molar-refractivity contribution in [3.63, 3.8) is 0 Å². The number of aliphatic hydroxyl groups is 1.